The minimum absolute atomic E-state index is 0.0299. The first-order chi connectivity index (χ1) is 9.21. The number of furan rings is 1. The van der Waals surface area contributed by atoms with Crippen molar-refractivity contribution in [3.05, 3.63) is 23.2 Å². The van der Waals surface area contributed by atoms with E-state index >= 15 is 0 Å². The molecule has 0 amide bonds. The van der Waals surface area contributed by atoms with E-state index < -0.39 is 16.0 Å². The summed E-state index contributed by atoms with van der Waals surface area (Å²) in [6.45, 7) is 5.17. The highest BCUT2D eigenvalue weighted by Crippen LogP contribution is 2.14. The number of hydrogen-bond acceptors (Lipinski definition) is 5. The highest BCUT2D eigenvalue weighted by atomic mass is 32.2. The van der Waals surface area contributed by atoms with Gasteiger partial charge in [-0.15, -0.1) is 0 Å². The largest absolute Gasteiger partial charge is 0.478 e. The van der Waals surface area contributed by atoms with Crippen LogP contribution >= 0.6 is 0 Å². The lowest BCUT2D eigenvalue weighted by atomic mass is 10.2. The predicted molar refractivity (Wildman–Crippen MR) is 72.1 cm³/mol. The van der Waals surface area contributed by atoms with Crippen molar-refractivity contribution in [2.75, 3.05) is 12.4 Å². The lowest BCUT2D eigenvalue weighted by molar-refractivity contribution is 0.0695. The molecule has 2 N–H and O–H groups in total. The van der Waals surface area contributed by atoms with Gasteiger partial charge in [-0.1, -0.05) is 0 Å². The van der Waals surface area contributed by atoms with Crippen molar-refractivity contribution >= 4 is 16.0 Å². The van der Waals surface area contributed by atoms with Gasteiger partial charge in [0.05, 0.1) is 25.0 Å². The molecule has 0 bridgehead atoms. The molecule has 0 radical (unpaired) electrons. The molecule has 0 atom stereocenters. The highest BCUT2D eigenvalue weighted by molar-refractivity contribution is 7.89. The normalized spacial score (nSPS) is 12.0. The van der Waals surface area contributed by atoms with E-state index in [0.717, 1.165) is 0 Å². The van der Waals surface area contributed by atoms with Gasteiger partial charge in [0.15, 0.2) is 0 Å². The van der Waals surface area contributed by atoms with E-state index in [4.69, 9.17) is 14.3 Å². The zero-order valence-corrected chi connectivity index (χ0v) is 12.5. The van der Waals surface area contributed by atoms with Gasteiger partial charge < -0.3 is 14.3 Å². The second-order valence-electron chi connectivity index (χ2n) is 4.55. The first kappa shape index (κ1) is 16.7. The molecular formula is C12H19NO6S. The minimum Gasteiger partial charge on any atom is -0.478 e. The van der Waals surface area contributed by atoms with Crippen LogP contribution in [0.25, 0.3) is 0 Å². The summed E-state index contributed by atoms with van der Waals surface area (Å²) in [5, 5.41) is 8.86. The summed E-state index contributed by atoms with van der Waals surface area (Å²) in [5.74, 6) is -0.759. The van der Waals surface area contributed by atoms with Crippen LogP contribution in [-0.4, -0.2) is 38.0 Å². The molecule has 0 aliphatic rings. The molecule has 0 saturated heterocycles. The number of carboxylic acid groups (broad SMARTS) is 1. The maximum atomic E-state index is 11.7. The second-order valence-corrected chi connectivity index (χ2v) is 6.47. The summed E-state index contributed by atoms with van der Waals surface area (Å²) in [5.41, 5.74) is 0.0299. The van der Waals surface area contributed by atoms with Gasteiger partial charge >= 0.3 is 5.97 Å². The van der Waals surface area contributed by atoms with Crippen LogP contribution in [0.5, 0.6) is 0 Å². The standard InChI is InChI=1S/C12H19NO6S/c1-8(2)18-4-5-20(16,17)13-7-10-6-11(12(14)15)9(3)19-10/h6,8,13H,4-5,7H2,1-3H3,(H,14,15). The summed E-state index contributed by atoms with van der Waals surface area (Å²) in [6, 6.07) is 1.31. The number of aromatic carboxylic acids is 1. The Labute approximate surface area is 118 Å². The van der Waals surface area contributed by atoms with Crippen LogP contribution in [0.3, 0.4) is 0 Å². The van der Waals surface area contributed by atoms with Gasteiger partial charge in [0.2, 0.25) is 10.0 Å². The number of nitrogens with one attached hydrogen (secondary N) is 1. The zero-order valence-electron chi connectivity index (χ0n) is 11.7. The summed E-state index contributed by atoms with van der Waals surface area (Å²) in [7, 11) is -3.48. The number of carboxylic acids is 1. The van der Waals surface area contributed by atoms with Crippen molar-refractivity contribution < 1.29 is 27.5 Å². The van der Waals surface area contributed by atoms with E-state index in [9.17, 15) is 13.2 Å². The topological polar surface area (TPSA) is 106 Å². The molecule has 0 saturated carbocycles. The number of hydrogen-bond donors (Lipinski definition) is 2. The van der Waals surface area contributed by atoms with Gasteiger partial charge in [-0.25, -0.2) is 17.9 Å². The SMILES string of the molecule is Cc1oc(CNS(=O)(=O)CCOC(C)C)cc1C(=O)O. The number of ether oxygens (including phenoxy) is 1. The Bertz CT molecular complexity index is 561. The molecule has 0 spiro atoms. The van der Waals surface area contributed by atoms with Gasteiger partial charge in [-0.3, -0.25) is 0 Å². The molecule has 1 aromatic heterocycles. The molecule has 114 valence electrons. The maximum Gasteiger partial charge on any atom is 0.339 e. The Morgan fingerprint density at radius 1 is 1.50 bits per heavy atom. The summed E-state index contributed by atoms with van der Waals surface area (Å²) in [6.07, 6.45) is -0.0314. The summed E-state index contributed by atoms with van der Waals surface area (Å²) in [4.78, 5) is 10.8. The van der Waals surface area contributed by atoms with Crippen LogP contribution in [0.15, 0.2) is 10.5 Å². The van der Waals surface area contributed by atoms with Crippen LogP contribution in [0.4, 0.5) is 0 Å². The van der Waals surface area contributed by atoms with Gasteiger partial charge in [0.25, 0.3) is 0 Å². The molecule has 1 rings (SSSR count). The average Bonchev–Trinajstić information content (AvgIpc) is 2.67. The van der Waals surface area contributed by atoms with Crippen molar-refractivity contribution in [1.82, 2.24) is 4.72 Å². The van der Waals surface area contributed by atoms with Gasteiger partial charge in [-0.2, -0.15) is 0 Å². The fraction of sp³-hybridized carbons (Fsp3) is 0.583. The number of carbonyl (C=O) groups is 1. The van der Waals surface area contributed by atoms with Crippen LogP contribution in [0, 0.1) is 6.92 Å². The van der Waals surface area contributed by atoms with Crippen molar-refractivity contribution in [1.29, 1.82) is 0 Å². The van der Waals surface area contributed by atoms with E-state index in [-0.39, 0.29) is 42.1 Å². The maximum absolute atomic E-state index is 11.7. The van der Waals surface area contributed by atoms with Gasteiger partial charge in [0, 0.05) is 0 Å². The fourth-order valence-electron chi connectivity index (χ4n) is 1.49. The van der Waals surface area contributed by atoms with Crippen molar-refractivity contribution in [3.63, 3.8) is 0 Å². The molecule has 0 aromatic carbocycles. The Hall–Kier alpha value is -1.38. The van der Waals surface area contributed by atoms with Crippen molar-refractivity contribution in [2.45, 2.75) is 33.4 Å². The van der Waals surface area contributed by atoms with Gasteiger partial charge in [0.1, 0.15) is 17.1 Å². The predicted octanol–water partition coefficient (Wildman–Crippen LogP) is 1.13. The molecule has 20 heavy (non-hydrogen) atoms. The molecule has 7 nitrogen and oxygen atoms in total. The molecule has 0 aliphatic heterocycles. The van der Waals surface area contributed by atoms with Gasteiger partial charge in [-0.05, 0) is 26.8 Å². The lowest BCUT2D eigenvalue weighted by Gasteiger charge is -2.08. The quantitative estimate of drug-likeness (QED) is 0.746. The van der Waals surface area contributed by atoms with E-state index in [1.54, 1.807) is 0 Å². The van der Waals surface area contributed by atoms with E-state index in [0.29, 0.717) is 0 Å². The van der Waals surface area contributed by atoms with Crippen LogP contribution in [0.2, 0.25) is 0 Å². The second kappa shape index (κ2) is 6.87. The lowest BCUT2D eigenvalue weighted by Crippen LogP contribution is -2.28. The van der Waals surface area contributed by atoms with Crippen LogP contribution < -0.4 is 4.72 Å². The van der Waals surface area contributed by atoms with E-state index in [2.05, 4.69) is 4.72 Å². The Kier molecular flexibility index (Phi) is 5.73. The van der Waals surface area contributed by atoms with E-state index in [1.165, 1.54) is 13.0 Å². The molecule has 0 unspecified atom stereocenters. The van der Waals surface area contributed by atoms with Crippen molar-refractivity contribution in [2.24, 2.45) is 0 Å². The van der Waals surface area contributed by atoms with Crippen molar-refractivity contribution in [3.8, 4) is 0 Å². The molecule has 1 aromatic rings. The third-order valence-electron chi connectivity index (χ3n) is 2.47. The molecule has 1 heterocycles. The van der Waals surface area contributed by atoms with Crippen LogP contribution in [0.1, 0.15) is 35.7 Å². The monoisotopic (exact) mass is 305 g/mol. The number of aryl methyl sites for hydroxylation is 1. The smallest absolute Gasteiger partial charge is 0.339 e. The van der Waals surface area contributed by atoms with Crippen LogP contribution in [-0.2, 0) is 21.3 Å². The number of sulfonamides is 1. The first-order valence-electron chi connectivity index (χ1n) is 6.13. The first-order valence-corrected chi connectivity index (χ1v) is 7.78. The third-order valence-corrected chi connectivity index (χ3v) is 3.76. The summed E-state index contributed by atoms with van der Waals surface area (Å²) < 4.78 is 36.0. The molecule has 0 fully saturated rings. The summed E-state index contributed by atoms with van der Waals surface area (Å²) >= 11 is 0. The van der Waals surface area contributed by atoms with E-state index in [1.807, 2.05) is 13.8 Å². The fourth-order valence-corrected chi connectivity index (χ4v) is 2.31. The Morgan fingerprint density at radius 2 is 2.15 bits per heavy atom. The average molecular weight is 305 g/mol. The Balaban J connectivity index is 2.54. The zero-order chi connectivity index (χ0) is 15.3. The highest BCUT2D eigenvalue weighted by Gasteiger charge is 2.16. The molecule has 8 heteroatoms. The molecular weight excluding hydrogens is 286 g/mol. The minimum atomic E-state index is -3.48. The Morgan fingerprint density at radius 3 is 2.65 bits per heavy atom. The number of rotatable bonds is 8. The third kappa shape index (κ3) is 5.32. The molecule has 0 aliphatic carbocycles.